The zero-order valence-electron chi connectivity index (χ0n) is 12.4. The number of rotatable bonds is 2. The van der Waals surface area contributed by atoms with Crippen LogP contribution >= 0.6 is 0 Å². The summed E-state index contributed by atoms with van der Waals surface area (Å²) in [6.07, 6.45) is 3.39. The second-order valence-electron chi connectivity index (χ2n) is 5.94. The van der Waals surface area contributed by atoms with Crippen molar-refractivity contribution >= 4 is 11.7 Å². The van der Waals surface area contributed by atoms with E-state index in [2.05, 4.69) is 24.5 Å². The molecular weight excluding hydrogens is 255 g/mol. The molecule has 0 aromatic heterocycles. The van der Waals surface area contributed by atoms with Gasteiger partial charge < -0.3 is 10.6 Å². The van der Waals surface area contributed by atoms with Crippen molar-refractivity contribution in [3.63, 3.8) is 0 Å². The lowest BCUT2D eigenvalue weighted by molar-refractivity contribution is 0.201. The maximum Gasteiger partial charge on any atom is 0.319 e. The maximum absolute atomic E-state index is 13.4. The number of nitrogens with one attached hydrogen (secondary N) is 2. The van der Waals surface area contributed by atoms with Crippen molar-refractivity contribution in [3.05, 3.63) is 29.6 Å². The summed E-state index contributed by atoms with van der Waals surface area (Å²) in [7, 11) is 0. The predicted molar refractivity (Wildman–Crippen MR) is 79.3 cm³/mol. The van der Waals surface area contributed by atoms with Crippen LogP contribution in [0.2, 0.25) is 0 Å². The van der Waals surface area contributed by atoms with Gasteiger partial charge in [0.25, 0.3) is 0 Å². The Labute approximate surface area is 120 Å². The highest BCUT2D eigenvalue weighted by Gasteiger charge is 2.28. The van der Waals surface area contributed by atoms with Crippen molar-refractivity contribution in [3.8, 4) is 0 Å². The molecular formula is C16H23FN2O. The summed E-state index contributed by atoms with van der Waals surface area (Å²) in [5.74, 6) is 0.803. The zero-order chi connectivity index (χ0) is 14.7. The van der Waals surface area contributed by atoms with E-state index < -0.39 is 0 Å². The van der Waals surface area contributed by atoms with Crippen molar-refractivity contribution < 1.29 is 9.18 Å². The number of benzene rings is 1. The van der Waals surface area contributed by atoms with Crippen LogP contribution in [0.25, 0.3) is 0 Å². The molecule has 2 amide bonds. The highest BCUT2D eigenvalue weighted by molar-refractivity contribution is 5.89. The topological polar surface area (TPSA) is 41.1 Å². The molecule has 2 N–H and O–H groups in total. The van der Waals surface area contributed by atoms with E-state index in [1.165, 1.54) is 12.5 Å². The van der Waals surface area contributed by atoms with E-state index in [1.54, 1.807) is 19.1 Å². The van der Waals surface area contributed by atoms with Crippen LogP contribution in [-0.2, 0) is 0 Å². The Hall–Kier alpha value is -1.58. The van der Waals surface area contributed by atoms with Gasteiger partial charge in [-0.15, -0.1) is 0 Å². The van der Waals surface area contributed by atoms with Gasteiger partial charge in [0.05, 0.1) is 0 Å². The van der Waals surface area contributed by atoms with Crippen molar-refractivity contribution in [2.75, 3.05) is 5.32 Å². The maximum atomic E-state index is 13.4. The molecule has 110 valence electrons. The summed E-state index contributed by atoms with van der Waals surface area (Å²) in [5, 5.41) is 5.71. The Bertz CT molecular complexity index is 489. The highest BCUT2D eigenvalue weighted by Crippen LogP contribution is 2.29. The van der Waals surface area contributed by atoms with Gasteiger partial charge in [-0.3, -0.25) is 0 Å². The summed E-state index contributed by atoms with van der Waals surface area (Å²) in [4.78, 5) is 12.0. The monoisotopic (exact) mass is 278 g/mol. The molecule has 4 heteroatoms. The summed E-state index contributed by atoms with van der Waals surface area (Å²) >= 11 is 0. The van der Waals surface area contributed by atoms with E-state index in [-0.39, 0.29) is 17.9 Å². The van der Waals surface area contributed by atoms with Crippen molar-refractivity contribution in [2.45, 2.75) is 46.1 Å². The van der Waals surface area contributed by atoms with Crippen LogP contribution in [0.3, 0.4) is 0 Å². The molecule has 3 atom stereocenters. The molecule has 2 rings (SSSR count). The van der Waals surface area contributed by atoms with Crippen molar-refractivity contribution in [1.82, 2.24) is 5.32 Å². The van der Waals surface area contributed by atoms with Gasteiger partial charge in [-0.25, -0.2) is 9.18 Å². The van der Waals surface area contributed by atoms with Crippen LogP contribution < -0.4 is 10.6 Å². The molecule has 1 fully saturated rings. The number of urea groups is 1. The molecule has 0 aliphatic heterocycles. The van der Waals surface area contributed by atoms with Crippen LogP contribution in [-0.4, -0.2) is 12.1 Å². The summed E-state index contributed by atoms with van der Waals surface area (Å²) < 4.78 is 13.4. The number of anilines is 1. The van der Waals surface area contributed by atoms with Crippen LogP contribution in [0.15, 0.2) is 18.2 Å². The molecule has 0 radical (unpaired) electrons. The van der Waals surface area contributed by atoms with Gasteiger partial charge in [0.2, 0.25) is 0 Å². The smallest absolute Gasteiger partial charge is 0.319 e. The lowest BCUT2D eigenvalue weighted by atomic mass is 9.78. The van der Waals surface area contributed by atoms with E-state index in [0.29, 0.717) is 23.1 Å². The SMILES string of the molecule is Cc1ccc(NC(=O)N[C@@H]2CCC[C@H](C)[C@@H]2C)cc1F. The minimum atomic E-state index is -0.303. The first-order valence-corrected chi connectivity index (χ1v) is 7.31. The fourth-order valence-corrected chi connectivity index (χ4v) is 2.79. The summed E-state index contributed by atoms with van der Waals surface area (Å²) in [6.45, 7) is 6.11. The van der Waals surface area contributed by atoms with E-state index >= 15 is 0 Å². The van der Waals surface area contributed by atoms with Gasteiger partial charge in [0, 0.05) is 11.7 Å². The van der Waals surface area contributed by atoms with Crippen molar-refractivity contribution in [1.29, 1.82) is 0 Å². The van der Waals surface area contributed by atoms with Gasteiger partial charge in [0.1, 0.15) is 5.82 Å². The highest BCUT2D eigenvalue weighted by atomic mass is 19.1. The quantitative estimate of drug-likeness (QED) is 0.841. The number of carbonyl (C=O) groups excluding carboxylic acids is 1. The molecule has 1 aliphatic carbocycles. The molecule has 1 aromatic carbocycles. The third-order valence-electron chi connectivity index (χ3n) is 4.45. The third-order valence-corrected chi connectivity index (χ3v) is 4.45. The number of amides is 2. The average Bonchev–Trinajstić information content (AvgIpc) is 2.39. The largest absolute Gasteiger partial charge is 0.335 e. The summed E-state index contributed by atoms with van der Waals surface area (Å²) in [6, 6.07) is 4.68. The fourth-order valence-electron chi connectivity index (χ4n) is 2.79. The Balaban J connectivity index is 1.93. The number of hydrogen-bond acceptors (Lipinski definition) is 1. The second kappa shape index (κ2) is 6.25. The van der Waals surface area contributed by atoms with E-state index in [9.17, 15) is 9.18 Å². The van der Waals surface area contributed by atoms with Gasteiger partial charge in [0.15, 0.2) is 0 Å². The molecule has 0 bridgehead atoms. The number of aryl methyl sites for hydroxylation is 1. The first kappa shape index (κ1) is 14.8. The van der Waals surface area contributed by atoms with Crippen LogP contribution in [0.4, 0.5) is 14.9 Å². The number of hydrogen-bond donors (Lipinski definition) is 2. The van der Waals surface area contributed by atoms with Crippen LogP contribution in [0.5, 0.6) is 0 Å². The minimum absolute atomic E-state index is 0.203. The molecule has 1 aliphatic rings. The van der Waals surface area contributed by atoms with Gasteiger partial charge in [-0.1, -0.05) is 32.8 Å². The molecule has 1 aromatic rings. The third kappa shape index (κ3) is 3.50. The lowest BCUT2D eigenvalue weighted by Gasteiger charge is -2.34. The number of carbonyl (C=O) groups is 1. The van der Waals surface area contributed by atoms with Crippen molar-refractivity contribution in [2.24, 2.45) is 11.8 Å². The Morgan fingerprint density at radius 2 is 2.05 bits per heavy atom. The molecule has 0 spiro atoms. The van der Waals surface area contributed by atoms with Gasteiger partial charge in [-0.2, -0.15) is 0 Å². The first-order chi connectivity index (χ1) is 9.47. The zero-order valence-corrected chi connectivity index (χ0v) is 12.4. The molecule has 0 saturated heterocycles. The van der Waals surface area contributed by atoms with Crippen LogP contribution in [0.1, 0.15) is 38.7 Å². The average molecular weight is 278 g/mol. The molecule has 1 saturated carbocycles. The first-order valence-electron chi connectivity index (χ1n) is 7.31. The van der Waals surface area contributed by atoms with Gasteiger partial charge >= 0.3 is 6.03 Å². The van der Waals surface area contributed by atoms with Gasteiger partial charge in [-0.05, 0) is 42.9 Å². The summed E-state index contributed by atoms with van der Waals surface area (Å²) in [5.41, 5.74) is 1.06. The number of halogens is 1. The molecule has 0 heterocycles. The standard InChI is InChI=1S/C16H23FN2O/c1-10-5-4-6-15(12(10)3)19-16(20)18-13-8-7-11(2)14(17)9-13/h7-10,12,15H,4-6H2,1-3H3,(H2,18,19,20)/t10-,12-,15+/m0/s1. The molecule has 3 nitrogen and oxygen atoms in total. The van der Waals surface area contributed by atoms with E-state index in [0.717, 1.165) is 12.8 Å². The van der Waals surface area contributed by atoms with Crippen LogP contribution in [0, 0.1) is 24.6 Å². The normalized spacial score (nSPS) is 26.1. The minimum Gasteiger partial charge on any atom is -0.335 e. The fraction of sp³-hybridized carbons (Fsp3) is 0.562. The lowest BCUT2D eigenvalue weighted by Crippen LogP contribution is -2.45. The predicted octanol–water partition coefficient (Wildman–Crippen LogP) is 4.08. The Kier molecular flexibility index (Phi) is 4.63. The second-order valence-corrected chi connectivity index (χ2v) is 5.94. The Morgan fingerprint density at radius 3 is 2.75 bits per heavy atom. The van der Waals surface area contributed by atoms with E-state index in [4.69, 9.17) is 0 Å². The molecule has 0 unspecified atom stereocenters. The Morgan fingerprint density at radius 1 is 1.30 bits per heavy atom. The van der Waals surface area contributed by atoms with E-state index in [1.807, 2.05) is 0 Å². The molecule has 20 heavy (non-hydrogen) atoms.